The molecule has 0 fully saturated rings. The van der Waals surface area contributed by atoms with E-state index < -0.39 is 0 Å². The molecular weight excluding hydrogens is 389 g/mol. The van der Waals surface area contributed by atoms with E-state index >= 15 is 0 Å². The third-order valence-corrected chi connectivity index (χ3v) is 4.06. The van der Waals surface area contributed by atoms with E-state index in [2.05, 4.69) is 15.8 Å². The van der Waals surface area contributed by atoms with E-state index in [9.17, 15) is 9.59 Å². The fraction of sp³-hybridized carbons (Fsp3) is 0.211. The molecule has 0 aliphatic rings. The zero-order chi connectivity index (χ0) is 19.8. The lowest BCUT2D eigenvalue weighted by molar-refractivity contribution is -0.120. The van der Waals surface area contributed by atoms with Crippen molar-refractivity contribution in [1.82, 2.24) is 5.43 Å². The molecule has 0 aliphatic carbocycles. The van der Waals surface area contributed by atoms with Gasteiger partial charge < -0.3 is 10.1 Å². The molecule has 2 N–H and O–H groups in total. The number of hydrogen-bond acceptors (Lipinski definition) is 4. The fourth-order valence-corrected chi connectivity index (χ4v) is 2.64. The van der Waals surface area contributed by atoms with Crippen molar-refractivity contribution in [2.24, 2.45) is 5.10 Å². The molecule has 0 spiro atoms. The van der Waals surface area contributed by atoms with Crippen LogP contribution in [0.1, 0.15) is 18.9 Å². The van der Waals surface area contributed by atoms with Crippen molar-refractivity contribution >= 4 is 46.4 Å². The van der Waals surface area contributed by atoms with Gasteiger partial charge in [-0.3, -0.25) is 9.59 Å². The molecule has 0 radical (unpaired) electrons. The second-order valence-corrected chi connectivity index (χ2v) is 6.60. The van der Waals surface area contributed by atoms with Crippen LogP contribution < -0.4 is 15.5 Å². The average molecular weight is 408 g/mol. The first-order chi connectivity index (χ1) is 12.9. The Morgan fingerprint density at radius 2 is 1.78 bits per heavy atom. The van der Waals surface area contributed by atoms with Gasteiger partial charge in [-0.15, -0.1) is 0 Å². The van der Waals surface area contributed by atoms with Gasteiger partial charge >= 0.3 is 0 Å². The van der Waals surface area contributed by atoms with Crippen molar-refractivity contribution in [2.45, 2.75) is 19.8 Å². The molecule has 0 atom stereocenters. The van der Waals surface area contributed by atoms with E-state index in [4.69, 9.17) is 27.9 Å². The molecule has 0 saturated heterocycles. The number of nitrogens with one attached hydrogen (secondary N) is 2. The zero-order valence-electron chi connectivity index (χ0n) is 14.9. The molecule has 8 heteroatoms. The Bertz CT molecular complexity index is 852. The highest BCUT2D eigenvalue weighted by atomic mass is 35.5. The van der Waals surface area contributed by atoms with Gasteiger partial charge in [0.05, 0.1) is 30.7 Å². The highest BCUT2D eigenvalue weighted by Crippen LogP contribution is 2.25. The summed E-state index contributed by atoms with van der Waals surface area (Å²) in [5, 5.41) is 7.45. The van der Waals surface area contributed by atoms with Gasteiger partial charge in [0.2, 0.25) is 11.8 Å². The number of hydrogen-bond donors (Lipinski definition) is 2. The molecule has 142 valence electrons. The summed E-state index contributed by atoms with van der Waals surface area (Å²) in [4.78, 5) is 24.0. The monoisotopic (exact) mass is 407 g/mol. The Hall–Kier alpha value is -2.57. The summed E-state index contributed by atoms with van der Waals surface area (Å²) < 4.78 is 5.07. The quantitative estimate of drug-likeness (QED) is 0.536. The number of methoxy groups -OCH3 is 1. The summed E-state index contributed by atoms with van der Waals surface area (Å²) in [6.07, 6.45) is 0.190. The Balaban J connectivity index is 1.83. The highest BCUT2D eigenvalue weighted by molar-refractivity contribution is 6.36. The van der Waals surface area contributed by atoms with Crippen LogP contribution in [0.25, 0.3) is 0 Å². The standard InChI is InChI=1S/C19H19Cl2N3O3/c1-12(9-18(25)22-17-8-5-14(20)11-16(17)21)23-24-19(26)10-13-3-6-15(27-2)7-4-13/h3-8,11H,9-10H2,1-2H3,(H,22,25)(H,24,26). The number of anilines is 1. The molecule has 2 rings (SSSR count). The summed E-state index contributed by atoms with van der Waals surface area (Å²) in [7, 11) is 1.58. The number of nitrogens with zero attached hydrogens (tertiary/aromatic N) is 1. The number of ether oxygens (including phenoxy) is 1. The molecule has 0 bridgehead atoms. The van der Waals surface area contributed by atoms with Crippen molar-refractivity contribution in [1.29, 1.82) is 0 Å². The molecule has 0 unspecified atom stereocenters. The van der Waals surface area contributed by atoms with Crippen molar-refractivity contribution in [3.63, 3.8) is 0 Å². The summed E-state index contributed by atoms with van der Waals surface area (Å²) in [5.74, 6) is 0.144. The van der Waals surface area contributed by atoms with Gasteiger partial charge in [0, 0.05) is 10.7 Å². The first kappa shape index (κ1) is 20.7. The molecule has 6 nitrogen and oxygen atoms in total. The number of amides is 2. The molecule has 27 heavy (non-hydrogen) atoms. The van der Waals surface area contributed by atoms with Gasteiger partial charge in [0.15, 0.2) is 0 Å². The van der Waals surface area contributed by atoms with E-state index in [1.807, 2.05) is 0 Å². The number of benzene rings is 2. The van der Waals surface area contributed by atoms with Crippen LogP contribution in [0.4, 0.5) is 5.69 Å². The lowest BCUT2D eigenvalue weighted by atomic mass is 10.1. The minimum absolute atomic E-state index is 0.0156. The van der Waals surface area contributed by atoms with Gasteiger partial charge in [-0.2, -0.15) is 5.10 Å². The lowest BCUT2D eigenvalue weighted by Gasteiger charge is -2.08. The van der Waals surface area contributed by atoms with Crippen LogP contribution >= 0.6 is 23.2 Å². The van der Waals surface area contributed by atoms with E-state index in [1.165, 1.54) is 0 Å². The maximum absolute atomic E-state index is 12.0. The maximum Gasteiger partial charge on any atom is 0.244 e. The summed E-state index contributed by atoms with van der Waals surface area (Å²) in [6.45, 7) is 1.65. The number of rotatable bonds is 7. The Labute approximate surface area is 167 Å². The Morgan fingerprint density at radius 1 is 1.07 bits per heavy atom. The van der Waals surface area contributed by atoms with Gasteiger partial charge in [-0.25, -0.2) is 5.43 Å². The molecule has 0 heterocycles. The molecular formula is C19H19Cl2N3O3. The molecule has 0 aliphatic heterocycles. The Kier molecular flexibility index (Phi) is 7.64. The molecule has 2 aromatic rings. The second kappa shape index (κ2) is 9.94. The lowest BCUT2D eigenvalue weighted by Crippen LogP contribution is -2.22. The smallest absolute Gasteiger partial charge is 0.244 e. The van der Waals surface area contributed by atoms with Gasteiger partial charge in [0.1, 0.15) is 5.75 Å². The molecule has 2 amide bonds. The predicted octanol–water partition coefficient (Wildman–Crippen LogP) is 4.07. The van der Waals surface area contributed by atoms with Crippen LogP contribution in [0.2, 0.25) is 10.0 Å². The van der Waals surface area contributed by atoms with E-state index in [0.29, 0.717) is 21.4 Å². The van der Waals surface area contributed by atoms with E-state index in [-0.39, 0.29) is 24.7 Å². The normalized spacial score (nSPS) is 11.0. The van der Waals surface area contributed by atoms with Crippen molar-refractivity contribution in [2.75, 3.05) is 12.4 Å². The molecule has 0 saturated carbocycles. The van der Waals surface area contributed by atoms with Crippen molar-refractivity contribution in [3.05, 3.63) is 58.1 Å². The van der Waals surface area contributed by atoms with Crippen LogP contribution in [0, 0.1) is 0 Å². The minimum Gasteiger partial charge on any atom is -0.497 e. The summed E-state index contributed by atoms with van der Waals surface area (Å²) in [6, 6.07) is 12.0. The molecule has 2 aromatic carbocycles. The zero-order valence-corrected chi connectivity index (χ0v) is 16.4. The van der Waals surface area contributed by atoms with Crippen molar-refractivity contribution < 1.29 is 14.3 Å². The second-order valence-electron chi connectivity index (χ2n) is 5.76. The van der Waals surface area contributed by atoms with Gasteiger partial charge in [-0.1, -0.05) is 35.3 Å². The van der Waals surface area contributed by atoms with Crippen LogP contribution in [0.3, 0.4) is 0 Å². The van der Waals surface area contributed by atoms with Crippen LogP contribution in [-0.4, -0.2) is 24.6 Å². The Morgan fingerprint density at radius 3 is 2.41 bits per heavy atom. The highest BCUT2D eigenvalue weighted by Gasteiger charge is 2.09. The minimum atomic E-state index is -0.301. The van der Waals surface area contributed by atoms with Crippen LogP contribution in [0.15, 0.2) is 47.6 Å². The van der Waals surface area contributed by atoms with Gasteiger partial charge in [-0.05, 0) is 42.8 Å². The van der Waals surface area contributed by atoms with Crippen LogP contribution in [0.5, 0.6) is 5.75 Å². The maximum atomic E-state index is 12.0. The number of halogens is 2. The predicted molar refractivity (Wildman–Crippen MR) is 108 cm³/mol. The third kappa shape index (κ3) is 6.92. The average Bonchev–Trinajstić information content (AvgIpc) is 2.63. The SMILES string of the molecule is COc1ccc(CC(=O)NN=C(C)CC(=O)Nc2ccc(Cl)cc2Cl)cc1. The molecule has 0 aromatic heterocycles. The largest absolute Gasteiger partial charge is 0.497 e. The number of carbonyl (C=O) groups is 2. The topological polar surface area (TPSA) is 79.8 Å². The summed E-state index contributed by atoms with van der Waals surface area (Å²) in [5.41, 5.74) is 4.19. The fourth-order valence-electron chi connectivity index (χ4n) is 2.18. The van der Waals surface area contributed by atoms with Crippen molar-refractivity contribution in [3.8, 4) is 5.75 Å². The number of carbonyl (C=O) groups excluding carboxylic acids is 2. The van der Waals surface area contributed by atoms with E-state index in [1.54, 1.807) is 56.5 Å². The van der Waals surface area contributed by atoms with Gasteiger partial charge in [0.25, 0.3) is 0 Å². The third-order valence-electron chi connectivity index (χ3n) is 3.52. The van der Waals surface area contributed by atoms with E-state index in [0.717, 1.165) is 11.3 Å². The first-order valence-electron chi connectivity index (χ1n) is 8.07. The first-order valence-corrected chi connectivity index (χ1v) is 8.83. The van der Waals surface area contributed by atoms with Crippen LogP contribution in [-0.2, 0) is 16.0 Å². The summed E-state index contributed by atoms with van der Waals surface area (Å²) >= 11 is 11.8. The number of hydrazone groups is 1.